The van der Waals surface area contributed by atoms with E-state index in [0.29, 0.717) is 16.7 Å². The number of hydrogen-bond donors (Lipinski definition) is 1. The number of halogens is 3. The first-order chi connectivity index (χ1) is 10.2. The molecule has 0 aliphatic heterocycles. The number of anilines is 1. The van der Waals surface area contributed by atoms with E-state index in [9.17, 15) is 17.2 Å². The predicted octanol–water partition coefficient (Wildman–Crippen LogP) is 3.74. The summed E-state index contributed by atoms with van der Waals surface area (Å²) in [6.45, 7) is 1.69. The van der Waals surface area contributed by atoms with Gasteiger partial charge >= 0.3 is 0 Å². The van der Waals surface area contributed by atoms with E-state index in [1.807, 2.05) is 0 Å². The fourth-order valence-corrected chi connectivity index (χ4v) is 2.99. The molecule has 0 heterocycles. The van der Waals surface area contributed by atoms with E-state index < -0.39 is 26.6 Å². The van der Waals surface area contributed by atoms with Crippen LogP contribution in [-0.2, 0) is 10.0 Å². The van der Waals surface area contributed by atoms with E-state index in [-0.39, 0.29) is 11.4 Å². The Labute approximate surface area is 131 Å². The lowest BCUT2D eigenvalue weighted by molar-refractivity contribution is 0.417. The predicted molar refractivity (Wildman–Crippen MR) is 79.9 cm³/mol. The molecule has 0 atom stereocenters. The minimum Gasteiger partial charge on any atom is -0.495 e. The number of sulfonamides is 1. The second-order valence-corrected chi connectivity index (χ2v) is 6.57. The van der Waals surface area contributed by atoms with Crippen molar-refractivity contribution in [1.82, 2.24) is 0 Å². The van der Waals surface area contributed by atoms with Crippen LogP contribution in [0.5, 0.6) is 5.75 Å². The minimum atomic E-state index is -4.09. The van der Waals surface area contributed by atoms with Crippen molar-refractivity contribution < 1.29 is 21.9 Å². The van der Waals surface area contributed by atoms with Crippen LogP contribution in [0.1, 0.15) is 5.56 Å². The molecule has 0 spiro atoms. The highest BCUT2D eigenvalue weighted by molar-refractivity contribution is 7.92. The molecule has 8 heteroatoms. The van der Waals surface area contributed by atoms with Gasteiger partial charge < -0.3 is 4.74 Å². The van der Waals surface area contributed by atoms with Crippen LogP contribution in [-0.4, -0.2) is 15.5 Å². The van der Waals surface area contributed by atoms with Crippen molar-refractivity contribution in [2.45, 2.75) is 11.8 Å². The largest absolute Gasteiger partial charge is 0.495 e. The molecule has 0 aromatic heterocycles. The molecular formula is C14H12ClF2NO3S. The molecule has 0 unspecified atom stereocenters. The minimum absolute atomic E-state index is 0.147. The van der Waals surface area contributed by atoms with Gasteiger partial charge in [-0.2, -0.15) is 0 Å². The van der Waals surface area contributed by atoms with Crippen LogP contribution in [0.25, 0.3) is 0 Å². The molecule has 118 valence electrons. The lowest BCUT2D eigenvalue weighted by atomic mass is 10.2. The van der Waals surface area contributed by atoms with Crippen LogP contribution in [0.15, 0.2) is 35.2 Å². The van der Waals surface area contributed by atoms with Gasteiger partial charge in [-0.25, -0.2) is 17.2 Å². The number of ether oxygens (including phenoxy) is 1. The third-order valence-corrected chi connectivity index (χ3v) is 4.70. The molecule has 2 aromatic carbocycles. The SMILES string of the molecule is COc1cc(Cl)c(C)cc1NS(=O)(=O)c1ccc(F)c(F)c1. The zero-order valence-electron chi connectivity index (χ0n) is 11.7. The Bertz CT molecular complexity index is 825. The van der Waals surface area contributed by atoms with Crippen LogP contribution < -0.4 is 9.46 Å². The van der Waals surface area contributed by atoms with Crippen LogP contribution >= 0.6 is 11.6 Å². The van der Waals surface area contributed by atoms with E-state index in [4.69, 9.17) is 16.3 Å². The summed E-state index contributed by atoms with van der Waals surface area (Å²) in [5, 5.41) is 0.410. The highest BCUT2D eigenvalue weighted by Crippen LogP contribution is 2.32. The van der Waals surface area contributed by atoms with Gasteiger partial charge in [0.05, 0.1) is 17.7 Å². The van der Waals surface area contributed by atoms with E-state index in [1.54, 1.807) is 6.92 Å². The topological polar surface area (TPSA) is 55.4 Å². The summed E-state index contributed by atoms with van der Waals surface area (Å²) < 4.78 is 57.9. The van der Waals surface area contributed by atoms with Gasteiger partial charge in [0.2, 0.25) is 0 Å². The molecule has 0 aliphatic rings. The van der Waals surface area contributed by atoms with E-state index in [0.717, 1.165) is 12.1 Å². The van der Waals surface area contributed by atoms with Gasteiger partial charge in [0.15, 0.2) is 11.6 Å². The quantitative estimate of drug-likeness (QED) is 0.916. The summed E-state index contributed by atoms with van der Waals surface area (Å²) in [7, 11) is -2.74. The Kier molecular flexibility index (Phi) is 4.58. The zero-order valence-corrected chi connectivity index (χ0v) is 13.2. The average molecular weight is 348 g/mol. The molecule has 4 nitrogen and oxygen atoms in total. The van der Waals surface area contributed by atoms with Gasteiger partial charge in [-0.15, -0.1) is 0 Å². The summed E-state index contributed by atoms with van der Waals surface area (Å²) in [5.74, 6) is -2.16. The smallest absolute Gasteiger partial charge is 0.262 e. The Hall–Kier alpha value is -1.86. The maximum absolute atomic E-state index is 13.2. The van der Waals surface area contributed by atoms with Crippen molar-refractivity contribution in [1.29, 1.82) is 0 Å². The number of benzene rings is 2. The molecule has 0 amide bonds. The summed E-state index contributed by atoms with van der Waals surface area (Å²) >= 11 is 5.94. The van der Waals surface area contributed by atoms with Crippen molar-refractivity contribution in [3.8, 4) is 5.75 Å². The lowest BCUT2D eigenvalue weighted by Gasteiger charge is -2.13. The van der Waals surface area contributed by atoms with E-state index >= 15 is 0 Å². The standard InChI is InChI=1S/C14H12ClF2NO3S/c1-8-5-13(14(21-2)7-10(8)15)18-22(19,20)9-3-4-11(16)12(17)6-9/h3-7,18H,1-2H3. The first-order valence-electron chi connectivity index (χ1n) is 6.06. The second-order valence-electron chi connectivity index (χ2n) is 4.48. The monoisotopic (exact) mass is 347 g/mol. The van der Waals surface area contributed by atoms with Crippen LogP contribution in [0.2, 0.25) is 5.02 Å². The molecule has 0 aliphatic carbocycles. The fraction of sp³-hybridized carbons (Fsp3) is 0.143. The third-order valence-electron chi connectivity index (χ3n) is 2.93. The Morgan fingerprint density at radius 3 is 2.41 bits per heavy atom. The van der Waals surface area contributed by atoms with Gasteiger partial charge in [0.25, 0.3) is 10.0 Å². The lowest BCUT2D eigenvalue weighted by Crippen LogP contribution is -2.14. The van der Waals surface area contributed by atoms with Crippen molar-refractivity contribution in [3.05, 3.63) is 52.6 Å². The van der Waals surface area contributed by atoms with Gasteiger partial charge in [-0.1, -0.05) is 11.6 Å². The third kappa shape index (κ3) is 3.31. The van der Waals surface area contributed by atoms with Gasteiger partial charge in [0, 0.05) is 11.1 Å². The van der Waals surface area contributed by atoms with Crippen molar-refractivity contribution in [2.75, 3.05) is 11.8 Å². The van der Waals surface area contributed by atoms with Crippen LogP contribution in [0, 0.1) is 18.6 Å². The van der Waals surface area contributed by atoms with E-state index in [2.05, 4.69) is 4.72 Å². The molecule has 0 fully saturated rings. The van der Waals surface area contributed by atoms with Crippen molar-refractivity contribution in [3.63, 3.8) is 0 Å². The van der Waals surface area contributed by atoms with Gasteiger partial charge in [-0.05, 0) is 36.8 Å². The van der Waals surface area contributed by atoms with Gasteiger partial charge in [0.1, 0.15) is 5.75 Å². The zero-order chi connectivity index (χ0) is 16.5. The molecule has 2 rings (SSSR count). The fourth-order valence-electron chi connectivity index (χ4n) is 1.76. The summed E-state index contributed by atoms with van der Waals surface area (Å²) in [5.41, 5.74) is 0.777. The molecule has 0 radical (unpaired) electrons. The Morgan fingerprint density at radius 2 is 1.82 bits per heavy atom. The Morgan fingerprint density at radius 1 is 1.14 bits per heavy atom. The van der Waals surface area contributed by atoms with Crippen molar-refractivity contribution >= 4 is 27.3 Å². The number of nitrogens with one attached hydrogen (secondary N) is 1. The normalized spacial score (nSPS) is 11.3. The molecule has 22 heavy (non-hydrogen) atoms. The maximum atomic E-state index is 13.2. The number of aryl methyl sites for hydroxylation is 1. The number of hydrogen-bond acceptors (Lipinski definition) is 3. The van der Waals surface area contributed by atoms with E-state index in [1.165, 1.54) is 19.2 Å². The second kappa shape index (κ2) is 6.10. The first-order valence-corrected chi connectivity index (χ1v) is 7.92. The number of methoxy groups -OCH3 is 1. The molecule has 1 N–H and O–H groups in total. The summed E-state index contributed by atoms with van der Waals surface area (Å²) in [6.07, 6.45) is 0. The highest BCUT2D eigenvalue weighted by atomic mass is 35.5. The first kappa shape index (κ1) is 16.5. The molecular weight excluding hydrogens is 336 g/mol. The Balaban J connectivity index is 2.44. The summed E-state index contributed by atoms with van der Waals surface area (Å²) in [4.78, 5) is -0.402. The maximum Gasteiger partial charge on any atom is 0.262 e. The van der Waals surface area contributed by atoms with Gasteiger partial charge in [-0.3, -0.25) is 4.72 Å². The van der Waals surface area contributed by atoms with Crippen LogP contribution in [0.4, 0.5) is 14.5 Å². The van der Waals surface area contributed by atoms with Crippen molar-refractivity contribution in [2.24, 2.45) is 0 Å². The molecule has 2 aromatic rings. The highest BCUT2D eigenvalue weighted by Gasteiger charge is 2.19. The molecule has 0 bridgehead atoms. The molecule has 0 saturated heterocycles. The molecule has 0 saturated carbocycles. The number of rotatable bonds is 4. The van der Waals surface area contributed by atoms with Crippen LogP contribution in [0.3, 0.4) is 0 Å². The summed E-state index contributed by atoms with van der Waals surface area (Å²) in [6, 6.07) is 5.26. The average Bonchev–Trinajstić information content (AvgIpc) is 2.45.